The Labute approximate surface area is 125 Å². The molecule has 0 radical (unpaired) electrons. The van der Waals surface area contributed by atoms with Crippen molar-refractivity contribution in [3.8, 4) is 0 Å². The van der Waals surface area contributed by atoms with Crippen LogP contribution in [-0.2, 0) is 16.0 Å². The number of Topliss-reactive ketones (excluding diaryl/α,β-unsaturated/α-hetero) is 1. The molecule has 1 aliphatic carbocycles. The molecule has 0 spiro atoms. The van der Waals surface area contributed by atoms with E-state index in [1.807, 2.05) is 30.3 Å². The number of nitrogens with zero attached hydrogens (tertiary/aromatic N) is 1. The highest BCUT2D eigenvalue weighted by molar-refractivity contribution is 6.05. The third-order valence-corrected chi connectivity index (χ3v) is 3.58. The summed E-state index contributed by atoms with van der Waals surface area (Å²) in [5, 5.41) is 4.14. The van der Waals surface area contributed by atoms with Gasteiger partial charge in [0.2, 0.25) is 5.91 Å². The third kappa shape index (κ3) is 5.14. The van der Waals surface area contributed by atoms with Crippen molar-refractivity contribution >= 4 is 17.4 Å². The minimum absolute atomic E-state index is 0.0526. The van der Waals surface area contributed by atoms with Crippen molar-refractivity contribution in [3.05, 3.63) is 35.9 Å². The molecule has 1 aromatic rings. The zero-order valence-electron chi connectivity index (χ0n) is 12.7. The van der Waals surface area contributed by atoms with Gasteiger partial charge in [-0.15, -0.1) is 0 Å². The number of aryl methyl sites for hydroxylation is 1. The lowest BCUT2D eigenvalue weighted by Gasteiger charge is -2.28. The first-order valence-electron chi connectivity index (χ1n) is 7.34. The van der Waals surface area contributed by atoms with Crippen LogP contribution >= 0.6 is 0 Å². The van der Waals surface area contributed by atoms with E-state index in [0.717, 1.165) is 17.7 Å². The van der Waals surface area contributed by atoms with Gasteiger partial charge in [0.25, 0.3) is 0 Å². The van der Waals surface area contributed by atoms with Crippen LogP contribution in [-0.4, -0.2) is 17.4 Å². The topological polar surface area (TPSA) is 58.5 Å². The number of nitrogens with one attached hydrogen (secondary N) is 1. The molecule has 1 N–H and O–H groups in total. The molecule has 0 unspecified atom stereocenters. The Bertz CT molecular complexity index is 547. The van der Waals surface area contributed by atoms with Crippen molar-refractivity contribution < 1.29 is 9.59 Å². The zero-order chi connectivity index (χ0) is 15.3. The molecule has 0 aliphatic heterocycles. The quantitative estimate of drug-likeness (QED) is 0.865. The van der Waals surface area contributed by atoms with Gasteiger partial charge in [-0.2, -0.15) is 5.10 Å². The lowest BCUT2D eigenvalue weighted by molar-refractivity contribution is -0.122. The normalized spacial score (nSPS) is 19.5. The van der Waals surface area contributed by atoms with Crippen molar-refractivity contribution in [1.82, 2.24) is 5.43 Å². The Morgan fingerprint density at radius 1 is 1.24 bits per heavy atom. The van der Waals surface area contributed by atoms with Crippen molar-refractivity contribution in [2.24, 2.45) is 10.5 Å². The Kier molecular flexibility index (Phi) is 4.89. The van der Waals surface area contributed by atoms with E-state index in [2.05, 4.69) is 24.4 Å². The molecule has 0 aromatic heterocycles. The van der Waals surface area contributed by atoms with Crippen molar-refractivity contribution in [2.45, 2.75) is 46.0 Å². The molecule has 112 valence electrons. The molecule has 21 heavy (non-hydrogen) atoms. The summed E-state index contributed by atoms with van der Waals surface area (Å²) in [6.45, 7) is 4.10. The van der Waals surface area contributed by atoms with Crippen LogP contribution in [0.5, 0.6) is 0 Å². The van der Waals surface area contributed by atoms with E-state index in [-0.39, 0.29) is 17.1 Å². The molecule has 4 heteroatoms. The van der Waals surface area contributed by atoms with Gasteiger partial charge in [-0.3, -0.25) is 9.59 Å². The van der Waals surface area contributed by atoms with Crippen LogP contribution < -0.4 is 5.43 Å². The number of benzene rings is 1. The second-order valence-corrected chi connectivity index (χ2v) is 6.43. The molecular formula is C17H22N2O2. The maximum atomic E-state index is 11.8. The van der Waals surface area contributed by atoms with E-state index < -0.39 is 0 Å². The number of hydrazone groups is 1. The molecule has 1 aromatic carbocycles. The number of hydrogen-bond donors (Lipinski definition) is 1. The molecular weight excluding hydrogens is 264 g/mol. The summed E-state index contributed by atoms with van der Waals surface area (Å²) in [5.74, 6) is 0.0886. The summed E-state index contributed by atoms with van der Waals surface area (Å²) >= 11 is 0. The molecule has 1 saturated carbocycles. The van der Waals surface area contributed by atoms with Crippen LogP contribution in [0.2, 0.25) is 0 Å². The Morgan fingerprint density at radius 3 is 2.62 bits per heavy atom. The van der Waals surface area contributed by atoms with Crippen molar-refractivity contribution in [2.75, 3.05) is 0 Å². The van der Waals surface area contributed by atoms with Gasteiger partial charge in [0.15, 0.2) is 0 Å². The summed E-state index contributed by atoms with van der Waals surface area (Å²) in [5.41, 5.74) is 4.44. The fraction of sp³-hybridized carbons (Fsp3) is 0.471. The average Bonchev–Trinajstić information content (AvgIpc) is 2.42. The standard InChI is InChI=1S/C17H22N2O2/c1-17(2)11-14(10-15(20)12-17)18-19-16(21)9-8-13-6-4-3-5-7-13/h3-7H,8-12H2,1-2H3,(H,19,21)/b18-14+. The number of rotatable bonds is 4. The first-order chi connectivity index (χ1) is 9.94. The van der Waals surface area contributed by atoms with Gasteiger partial charge in [0.1, 0.15) is 5.78 Å². The number of amides is 1. The first kappa shape index (κ1) is 15.4. The highest BCUT2D eigenvalue weighted by atomic mass is 16.2. The highest BCUT2D eigenvalue weighted by Crippen LogP contribution is 2.31. The predicted octanol–water partition coefficient (Wildman–Crippen LogP) is 2.87. The van der Waals surface area contributed by atoms with Crippen LogP contribution in [0.25, 0.3) is 0 Å². The molecule has 1 amide bonds. The summed E-state index contributed by atoms with van der Waals surface area (Å²) in [6, 6.07) is 9.88. The van der Waals surface area contributed by atoms with E-state index in [9.17, 15) is 9.59 Å². The maximum absolute atomic E-state index is 11.8. The van der Waals surface area contributed by atoms with E-state index in [0.29, 0.717) is 25.7 Å². The van der Waals surface area contributed by atoms with Gasteiger partial charge in [0.05, 0.1) is 0 Å². The Balaban J connectivity index is 1.83. The van der Waals surface area contributed by atoms with E-state index in [1.165, 1.54) is 0 Å². The Morgan fingerprint density at radius 2 is 1.95 bits per heavy atom. The fourth-order valence-corrected chi connectivity index (χ4v) is 2.68. The second kappa shape index (κ2) is 6.66. The molecule has 0 heterocycles. The molecule has 2 rings (SSSR count). The van der Waals surface area contributed by atoms with Gasteiger partial charge < -0.3 is 0 Å². The van der Waals surface area contributed by atoms with Gasteiger partial charge in [-0.25, -0.2) is 5.43 Å². The maximum Gasteiger partial charge on any atom is 0.240 e. The molecule has 0 bridgehead atoms. The summed E-state index contributed by atoms with van der Waals surface area (Å²) < 4.78 is 0. The predicted molar refractivity (Wildman–Crippen MR) is 83.0 cm³/mol. The van der Waals surface area contributed by atoms with Crippen LogP contribution in [0, 0.1) is 5.41 Å². The SMILES string of the molecule is CC1(C)CC(=O)C/C(=N\NC(=O)CCc2ccccc2)C1. The van der Waals surface area contributed by atoms with Crippen LogP contribution in [0.4, 0.5) is 0 Å². The summed E-state index contributed by atoms with van der Waals surface area (Å²) in [7, 11) is 0. The third-order valence-electron chi connectivity index (χ3n) is 3.58. The van der Waals surface area contributed by atoms with Gasteiger partial charge >= 0.3 is 0 Å². The number of carbonyl (C=O) groups excluding carboxylic acids is 2. The lowest BCUT2D eigenvalue weighted by Crippen LogP contribution is -2.31. The van der Waals surface area contributed by atoms with Crippen molar-refractivity contribution in [1.29, 1.82) is 0 Å². The monoisotopic (exact) mass is 286 g/mol. The van der Waals surface area contributed by atoms with Gasteiger partial charge in [0, 0.05) is 25.0 Å². The molecule has 0 saturated heterocycles. The van der Waals surface area contributed by atoms with Crippen molar-refractivity contribution in [3.63, 3.8) is 0 Å². The molecule has 1 fully saturated rings. The van der Waals surface area contributed by atoms with E-state index in [4.69, 9.17) is 0 Å². The zero-order valence-corrected chi connectivity index (χ0v) is 12.7. The van der Waals surface area contributed by atoms with Crippen LogP contribution in [0.1, 0.15) is 45.1 Å². The minimum atomic E-state index is -0.109. The summed E-state index contributed by atoms with van der Waals surface area (Å²) in [4.78, 5) is 23.4. The first-order valence-corrected chi connectivity index (χ1v) is 7.34. The number of ketones is 1. The molecule has 1 aliphatic rings. The lowest BCUT2D eigenvalue weighted by atomic mass is 9.76. The van der Waals surface area contributed by atoms with E-state index in [1.54, 1.807) is 0 Å². The number of carbonyl (C=O) groups is 2. The van der Waals surface area contributed by atoms with Crippen LogP contribution in [0.15, 0.2) is 35.4 Å². The smallest absolute Gasteiger partial charge is 0.240 e. The van der Waals surface area contributed by atoms with Gasteiger partial charge in [-0.1, -0.05) is 44.2 Å². The van der Waals surface area contributed by atoms with Gasteiger partial charge in [-0.05, 0) is 23.8 Å². The molecule has 0 atom stereocenters. The molecule has 4 nitrogen and oxygen atoms in total. The minimum Gasteiger partial charge on any atom is -0.299 e. The highest BCUT2D eigenvalue weighted by Gasteiger charge is 2.30. The van der Waals surface area contributed by atoms with E-state index >= 15 is 0 Å². The second-order valence-electron chi connectivity index (χ2n) is 6.43. The average molecular weight is 286 g/mol. The summed E-state index contributed by atoms with van der Waals surface area (Å²) in [6.07, 6.45) is 2.81. The largest absolute Gasteiger partial charge is 0.299 e. The van der Waals surface area contributed by atoms with Crippen LogP contribution in [0.3, 0.4) is 0 Å². The number of hydrogen-bond acceptors (Lipinski definition) is 3. The fourth-order valence-electron chi connectivity index (χ4n) is 2.68. The Hall–Kier alpha value is -1.97.